The summed E-state index contributed by atoms with van der Waals surface area (Å²) in [4.78, 5) is 11.9. The van der Waals surface area contributed by atoms with Crippen LogP contribution in [0.1, 0.15) is 31.9 Å². The van der Waals surface area contributed by atoms with Gasteiger partial charge in [0.05, 0.1) is 18.9 Å². The first kappa shape index (κ1) is 16.6. The molecule has 1 unspecified atom stereocenters. The highest BCUT2D eigenvalue weighted by Crippen LogP contribution is 2.30. The van der Waals surface area contributed by atoms with Crippen LogP contribution >= 0.6 is 11.8 Å². The van der Waals surface area contributed by atoms with Crippen molar-refractivity contribution >= 4 is 17.7 Å². The number of furan rings is 1. The Morgan fingerprint density at radius 3 is 2.86 bits per heavy atom. The second kappa shape index (κ2) is 7.49. The van der Waals surface area contributed by atoms with Crippen molar-refractivity contribution in [3.8, 4) is 11.4 Å². The second-order valence-corrected chi connectivity index (χ2v) is 6.20. The fourth-order valence-corrected chi connectivity index (χ4v) is 3.21. The molecule has 0 aromatic carbocycles. The number of methoxy groups -OCH3 is 1. The maximum Gasteiger partial charge on any atom is 0.319 e. The number of carbonyl (C=O) groups is 1. The van der Waals surface area contributed by atoms with Crippen molar-refractivity contribution in [1.82, 2.24) is 14.8 Å². The average molecular weight is 323 g/mol. The molecule has 22 heavy (non-hydrogen) atoms. The monoisotopic (exact) mass is 323 g/mol. The standard InChI is InChI=1S/C15H21N3O3S/c1-5-6-7-12(14(19)20-4)22-15-17-16-13(18(15)3)11-8-9-21-10(11)2/h8-9,12H,5-7H2,1-4H3. The molecular weight excluding hydrogens is 302 g/mol. The van der Waals surface area contributed by atoms with E-state index in [0.717, 1.165) is 36.4 Å². The van der Waals surface area contributed by atoms with Gasteiger partial charge in [-0.3, -0.25) is 4.79 Å². The molecule has 0 spiro atoms. The van der Waals surface area contributed by atoms with Gasteiger partial charge in [-0.25, -0.2) is 0 Å². The van der Waals surface area contributed by atoms with E-state index < -0.39 is 0 Å². The fourth-order valence-electron chi connectivity index (χ4n) is 2.14. The van der Waals surface area contributed by atoms with Crippen LogP contribution in [0, 0.1) is 6.92 Å². The Bertz CT molecular complexity index is 636. The molecule has 120 valence electrons. The zero-order chi connectivity index (χ0) is 16.1. The third kappa shape index (κ3) is 3.52. The summed E-state index contributed by atoms with van der Waals surface area (Å²) in [6, 6.07) is 1.86. The van der Waals surface area contributed by atoms with Crippen molar-refractivity contribution in [3.05, 3.63) is 18.1 Å². The van der Waals surface area contributed by atoms with Gasteiger partial charge in [-0.15, -0.1) is 10.2 Å². The zero-order valence-corrected chi connectivity index (χ0v) is 14.1. The van der Waals surface area contributed by atoms with Crippen molar-refractivity contribution in [2.75, 3.05) is 7.11 Å². The number of hydrogen-bond donors (Lipinski definition) is 0. The highest BCUT2D eigenvalue weighted by atomic mass is 32.2. The second-order valence-electron chi connectivity index (χ2n) is 5.03. The molecule has 0 aliphatic rings. The summed E-state index contributed by atoms with van der Waals surface area (Å²) in [5.74, 6) is 1.30. The van der Waals surface area contributed by atoms with Crippen molar-refractivity contribution < 1.29 is 13.9 Å². The predicted molar refractivity (Wildman–Crippen MR) is 84.6 cm³/mol. The quantitative estimate of drug-likeness (QED) is 0.575. The van der Waals surface area contributed by atoms with Crippen LogP contribution < -0.4 is 0 Å². The summed E-state index contributed by atoms with van der Waals surface area (Å²) >= 11 is 1.40. The van der Waals surface area contributed by atoms with E-state index in [1.54, 1.807) is 6.26 Å². The van der Waals surface area contributed by atoms with Crippen LogP contribution in [-0.4, -0.2) is 33.1 Å². The van der Waals surface area contributed by atoms with E-state index in [1.165, 1.54) is 18.9 Å². The van der Waals surface area contributed by atoms with E-state index in [1.807, 2.05) is 24.6 Å². The summed E-state index contributed by atoms with van der Waals surface area (Å²) in [5, 5.41) is 8.86. The van der Waals surface area contributed by atoms with Crippen LogP contribution in [0.25, 0.3) is 11.4 Å². The lowest BCUT2D eigenvalue weighted by Gasteiger charge is -2.13. The molecule has 0 aliphatic carbocycles. The number of aryl methyl sites for hydroxylation is 1. The Morgan fingerprint density at radius 1 is 1.50 bits per heavy atom. The third-order valence-electron chi connectivity index (χ3n) is 3.47. The minimum Gasteiger partial charge on any atom is -0.469 e. The lowest BCUT2D eigenvalue weighted by molar-refractivity contribution is -0.140. The number of unbranched alkanes of at least 4 members (excludes halogenated alkanes) is 1. The van der Waals surface area contributed by atoms with Crippen molar-refractivity contribution in [1.29, 1.82) is 0 Å². The molecule has 2 heterocycles. The summed E-state index contributed by atoms with van der Waals surface area (Å²) < 4.78 is 12.1. The zero-order valence-electron chi connectivity index (χ0n) is 13.3. The smallest absolute Gasteiger partial charge is 0.319 e. The van der Waals surface area contributed by atoms with Gasteiger partial charge in [-0.05, 0) is 19.4 Å². The number of aromatic nitrogens is 3. The maximum atomic E-state index is 11.9. The molecule has 2 aromatic heterocycles. The molecule has 0 N–H and O–H groups in total. The molecule has 0 fully saturated rings. The summed E-state index contributed by atoms with van der Waals surface area (Å²) in [5.41, 5.74) is 0.907. The summed E-state index contributed by atoms with van der Waals surface area (Å²) in [6.45, 7) is 3.98. The molecule has 0 radical (unpaired) electrons. The minimum absolute atomic E-state index is 0.220. The molecule has 7 heteroatoms. The number of hydrogen-bond acceptors (Lipinski definition) is 6. The fraction of sp³-hybridized carbons (Fsp3) is 0.533. The van der Waals surface area contributed by atoms with Gasteiger partial charge in [0.2, 0.25) is 0 Å². The van der Waals surface area contributed by atoms with E-state index in [9.17, 15) is 4.79 Å². The Kier molecular flexibility index (Phi) is 5.65. The first-order chi connectivity index (χ1) is 10.6. The Hall–Kier alpha value is -1.76. The van der Waals surface area contributed by atoms with Gasteiger partial charge in [0.1, 0.15) is 11.0 Å². The van der Waals surface area contributed by atoms with Gasteiger partial charge in [0.15, 0.2) is 11.0 Å². The van der Waals surface area contributed by atoms with Crippen molar-refractivity contribution in [3.63, 3.8) is 0 Å². The molecule has 1 atom stereocenters. The van der Waals surface area contributed by atoms with Crippen LogP contribution in [0.2, 0.25) is 0 Å². The Balaban J connectivity index is 2.20. The Labute approximate surface area is 134 Å². The Morgan fingerprint density at radius 2 is 2.27 bits per heavy atom. The normalized spacial score (nSPS) is 12.4. The highest BCUT2D eigenvalue weighted by Gasteiger charge is 2.24. The lowest BCUT2D eigenvalue weighted by atomic mass is 10.2. The van der Waals surface area contributed by atoms with E-state index in [0.29, 0.717) is 5.16 Å². The number of carbonyl (C=O) groups excluding carboxylic acids is 1. The average Bonchev–Trinajstić information content (AvgIpc) is 3.09. The number of rotatable bonds is 7. The first-order valence-electron chi connectivity index (χ1n) is 7.26. The van der Waals surface area contributed by atoms with Gasteiger partial charge < -0.3 is 13.7 Å². The maximum absolute atomic E-state index is 11.9. The predicted octanol–water partition coefficient (Wildman–Crippen LogP) is 3.21. The summed E-state index contributed by atoms with van der Waals surface area (Å²) in [6.07, 6.45) is 4.40. The SMILES string of the molecule is CCCCC(Sc1nnc(-c2ccoc2C)n1C)C(=O)OC. The highest BCUT2D eigenvalue weighted by molar-refractivity contribution is 8.00. The lowest BCUT2D eigenvalue weighted by Crippen LogP contribution is -2.19. The number of thioether (sulfide) groups is 1. The van der Waals surface area contributed by atoms with Crippen LogP contribution in [0.4, 0.5) is 0 Å². The molecule has 0 aliphatic heterocycles. The van der Waals surface area contributed by atoms with Crippen LogP contribution in [0.15, 0.2) is 21.9 Å². The number of esters is 1. The van der Waals surface area contributed by atoms with Crippen molar-refractivity contribution in [2.24, 2.45) is 7.05 Å². The van der Waals surface area contributed by atoms with E-state index in [2.05, 4.69) is 17.1 Å². The van der Waals surface area contributed by atoms with E-state index in [-0.39, 0.29) is 11.2 Å². The number of ether oxygens (including phenoxy) is 1. The minimum atomic E-state index is -0.258. The molecule has 6 nitrogen and oxygen atoms in total. The molecule has 0 amide bonds. The van der Waals surface area contributed by atoms with Gasteiger partial charge in [0, 0.05) is 7.05 Å². The van der Waals surface area contributed by atoms with Crippen LogP contribution in [-0.2, 0) is 16.6 Å². The number of nitrogens with zero attached hydrogens (tertiary/aromatic N) is 3. The van der Waals surface area contributed by atoms with Gasteiger partial charge >= 0.3 is 5.97 Å². The molecule has 0 saturated heterocycles. The summed E-state index contributed by atoms with van der Waals surface area (Å²) in [7, 11) is 3.30. The van der Waals surface area contributed by atoms with Crippen LogP contribution in [0.5, 0.6) is 0 Å². The molecular formula is C15H21N3O3S. The van der Waals surface area contributed by atoms with E-state index in [4.69, 9.17) is 9.15 Å². The molecule has 0 saturated carbocycles. The first-order valence-corrected chi connectivity index (χ1v) is 8.14. The molecule has 2 aromatic rings. The van der Waals surface area contributed by atoms with Gasteiger partial charge in [-0.2, -0.15) is 0 Å². The van der Waals surface area contributed by atoms with Gasteiger partial charge in [-0.1, -0.05) is 31.5 Å². The topological polar surface area (TPSA) is 70.2 Å². The molecule has 2 rings (SSSR count). The van der Waals surface area contributed by atoms with E-state index >= 15 is 0 Å². The third-order valence-corrected chi connectivity index (χ3v) is 4.75. The largest absolute Gasteiger partial charge is 0.469 e. The van der Waals surface area contributed by atoms with Gasteiger partial charge in [0.25, 0.3) is 0 Å². The van der Waals surface area contributed by atoms with Crippen LogP contribution in [0.3, 0.4) is 0 Å². The van der Waals surface area contributed by atoms with Crippen molar-refractivity contribution in [2.45, 2.75) is 43.5 Å². The molecule has 0 bridgehead atoms.